The fourth-order valence-electron chi connectivity index (χ4n) is 3.65. The summed E-state index contributed by atoms with van der Waals surface area (Å²) >= 11 is 1.95. The second kappa shape index (κ2) is 13.8. The van der Waals surface area contributed by atoms with Crippen LogP contribution in [0.5, 0.6) is 23.0 Å². The summed E-state index contributed by atoms with van der Waals surface area (Å²) in [5, 5.41) is 11.2. The van der Waals surface area contributed by atoms with Crippen LogP contribution in [0.1, 0.15) is 38.3 Å². The smallest absolute Gasteiger partial charge is 0.341 e. The zero-order chi connectivity index (χ0) is 28.5. The average Bonchev–Trinajstić information content (AvgIpc) is 2.88. The molecule has 1 saturated heterocycles. The molecule has 3 rings (SSSR count). The van der Waals surface area contributed by atoms with Crippen molar-refractivity contribution in [3.05, 3.63) is 50.6 Å². The first kappa shape index (κ1) is 29.7. The number of carbonyl (C=O) groups excluding carboxylic acids is 3. The Morgan fingerprint density at radius 3 is 2.36 bits per heavy atom. The van der Waals surface area contributed by atoms with Crippen molar-refractivity contribution in [2.45, 2.75) is 33.7 Å². The number of halogens is 1. The van der Waals surface area contributed by atoms with Gasteiger partial charge in [0, 0.05) is 0 Å². The zero-order valence-corrected chi connectivity index (χ0v) is 23.9. The molecule has 2 N–H and O–H groups in total. The third-order valence-corrected chi connectivity index (χ3v) is 6.08. The van der Waals surface area contributed by atoms with Gasteiger partial charge in [-0.05, 0) is 84.3 Å². The van der Waals surface area contributed by atoms with Crippen LogP contribution in [0, 0.1) is 3.57 Å². The van der Waals surface area contributed by atoms with Crippen molar-refractivity contribution in [3.63, 3.8) is 0 Å². The van der Waals surface area contributed by atoms with Crippen LogP contribution in [0.4, 0.5) is 4.79 Å². The Balaban J connectivity index is 1.91. The molecular formula is C27H29IN2O9. The van der Waals surface area contributed by atoms with Crippen molar-refractivity contribution >= 4 is 52.5 Å². The predicted molar refractivity (Wildman–Crippen MR) is 149 cm³/mol. The SMILES string of the molecule is CCCOc1ccc(CN2C(=O)NC(=O)/C(=C\c3cc(I)c(OCC(=O)O)c(OCC)c3)C2=O)cc1OCC. The number of carboxylic acids is 1. The van der Waals surface area contributed by atoms with Crippen molar-refractivity contribution in [1.29, 1.82) is 0 Å². The van der Waals surface area contributed by atoms with E-state index in [-0.39, 0.29) is 30.2 Å². The summed E-state index contributed by atoms with van der Waals surface area (Å²) in [5.74, 6) is -1.22. The molecule has 12 heteroatoms. The highest BCUT2D eigenvalue weighted by Gasteiger charge is 2.36. The maximum Gasteiger partial charge on any atom is 0.341 e. The lowest BCUT2D eigenvalue weighted by atomic mass is 10.1. The number of hydrogen-bond donors (Lipinski definition) is 2. The van der Waals surface area contributed by atoms with Gasteiger partial charge in [0.05, 0.1) is 29.9 Å². The molecule has 0 radical (unpaired) electrons. The lowest BCUT2D eigenvalue weighted by Gasteiger charge is -2.26. The first-order valence-electron chi connectivity index (χ1n) is 12.3. The summed E-state index contributed by atoms with van der Waals surface area (Å²) in [6.45, 7) is 6.09. The average molecular weight is 652 g/mol. The topological polar surface area (TPSA) is 141 Å². The highest BCUT2D eigenvalue weighted by Crippen LogP contribution is 2.35. The van der Waals surface area contributed by atoms with Crippen LogP contribution in [0.2, 0.25) is 0 Å². The zero-order valence-electron chi connectivity index (χ0n) is 21.7. The molecule has 208 valence electrons. The molecular weight excluding hydrogens is 623 g/mol. The van der Waals surface area contributed by atoms with Crippen LogP contribution in [-0.2, 0) is 20.9 Å². The third-order valence-electron chi connectivity index (χ3n) is 5.28. The number of rotatable bonds is 13. The fourth-order valence-corrected chi connectivity index (χ4v) is 4.43. The van der Waals surface area contributed by atoms with E-state index in [9.17, 15) is 19.2 Å². The number of barbiturate groups is 1. The van der Waals surface area contributed by atoms with E-state index in [0.29, 0.717) is 39.4 Å². The molecule has 1 fully saturated rings. The monoisotopic (exact) mass is 652 g/mol. The molecule has 2 aromatic carbocycles. The van der Waals surface area contributed by atoms with Crippen molar-refractivity contribution in [2.75, 3.05) is 26.4 Å². The molecule has 0 aromatic heterocycles. The van der Waals surface area contributed by atoms with Gasteiger partial charge in [-0.3, -0.25) is 19.8 Å². The quantitative estimate of drug-likeness (QED) is 0.187. The molecule has 1 aliphatic rings. The Hall–Kier alpha value is -3.81. The van der Waals surface area contributed by atoms with E-state index < -0.39 is 30.4 Å². The lowest BCUT2D eigenvalue weighted by Crippen LogP contribution is -2.53. The summed E-state index contributed by atoms with van der Waals surface area (Å²) in [4.78, 5) is 50.4. The standard InChI is InChI=1S/C27H29IN2O9/c1-4-9-38-20-8-7-16(12-21(20)36-5-2)14-30-26(34)18(25(33)29-27(30)35)10-17-11-19(28)24(39-15-23(31)32)22(13-17)37-6-3/h7-8,10-13H,4-6,9,14-15H2,1-3H3,(H,31,32)(H,29,33,35)/b18-10+. The summed E-state index contributed by atoms with van der Waals surface area (Å²) in [5.41, 5.74) is 0.780. The maximum atomic E-state index is 13.3. The van der Waals surface area contributed by atoms with Gasteiger partial charge in [0.1, 0.15) is 5.57 Å². The Bertz CT molecular complexity index is 1290. The molecule has 0 bridgehead atoms. The van der Waals surface area contributed by atoms with Gasteiger partial charge in [-0.25, -0.2) is 9.59 Å². The number of nitrogens with zero attached hydrogens (tertiary/aromatic N) is 1. The number of benzene rings is 2. The molecule has 0 aliphatic carbocycles. The molecule has 0 saturated carbocycles. The molecule has 11 nitrogen and oxygen atoms in total. The summed E-state index contributed by atoms with van der Waals surface area (Å²) < 4.78 is 22.8. The minimum absolute atomic E-state index is 0.104. The van der Waals surface area contributed by atoms with Crippen molar-refractivity contribution < 1.29 is 43.2 Å². The van der Waals surface area contributed by atoms with Crippen molar-refractivity contribution in [1.82, 2.24) is 10.2 Å². The number of carbonyl (C=O) groups is 4. The molecule has 4 amide bonds. The number of imide groups is 2. The minimum atomic E-state index is -1.15. The summed E-state index contributed by atoms with van der Waals surface area (Å²) in [7, 11) is 0. The second-order valence-electron chi connectivity index (χ2n) is 8.22. The number of amides is 4. The highest BCUT2D eigenvalue weighted by molar-refractivity contribution is 14.1. The van der Waals surface area contributed by atoms with Gasteiger partial charge in [-0.2, -0.15) is 0 Å². The maximum absolute atomic E-state index is 13.3. The van der Waals surface area contributed by atoms with E-state index in [0.717, 1.165) is 11.3 Å². The van der Waals surface area contributed by atoms with E-state index in [4.69, 9.17) is 24.1 Å². The van der Waals surface area contributed by atoms with E-state index in [1.807, 2.05) is 36.4 Å². The van der Waals surface area contributed by atoms with Gasteiger partial charge >= 0.3 is 12.0 Å². The largest absolute Gasteiger partial charge is 0.490 e. The molecule has 2 aromatic rings. The van der Waals surface area contributed by atoms with Crippen LogP contribution < -0.4 is 24.3 Å². The van der Waals surface area contributed by atoms with Crippen LogP contribution in [0.25, 0.3) is 6.08 Å². The number of aliphatic carboxylic acids is 1. The Morgan fingerprint density at radius 1 is 0.974 bits per heavy atom. The number of carboxylic acid groups (broad SMARTS) is 1. The van der Waals surface area contributed by atoms with E-state index in [1.165, 1.54) is 12.1 Å². The Labute approximate surface area is 239 Å². The molecule has 0 spiro atoms. The van der Waals surface area contributed by atoms with E-state index >= 15 is 0 Å². The Kier molecular flexibility index (Phi) is 10.5. The van der Waals surface area contributed by atoms with Gasteiger partial charge < -0.3 is 24.1 Å². The highest BCUT2D eigenvalue weighted by atomic mass is 127. The van der Waals surface area contributed by atoms with E-state index in [2.05, 4.69) is 5.32 Å². The fraction of sp³-hybridized carbons (Fsp3) is 0.333. The minimum Gasteiger partial charge on any atom is -0.490 e. The number of ether oxygens (including phenoxy) is 4. The molecule has 1 aliphatic heterocycles. The van der Waals surface area contributed by atoms with Crippen LogP contribution in [-0.4, -0.2) is 60.2 Å². The number of urea groups is 1. The van der Waals surface area contributed by atoms with Gasteiger partial charge in [0.2, 0.25) is 0 Å². The second-order valence-corrected chi connectivity index (χ2v) is 9.38. The van der Waals surface area contributed by atoms with Crippen LogP contribution in [0.3, 0.4) is 0 Å². The third kappa shape index (κ3) is 7.62. The molecule has 1 heterocycles. The van der Waals surface area contributed by atoms with E-state index in [1.54, 1.807) is 31.2 Å². The molecule has 39 heavy (non-hydrogen) atoms. The summed E-state index contributed by atoms with van der Waals surface area (Å²) in [6.07, 6.45) is 2.16. The number of nitrogens with one attached hydrogen (secondary N) is 1. The summed E-state index contributed by atoms with van der Waals surface area (Å²) in [6, 6.07) is 7.43. The lowest BCUT2D eigenvalue weighted by molar-refractivity contribution is -0.139. The van der Waals surface area contributed by atoms with Gasteiger partial charge in [0.15, 0.2) is 29.6 Å². The van der Waals surface area contributed by atoms with Crippen molar-refractivity contribution in [3.8, 4) is 23.0 Å². The van der Waals surface area contributed by atoms with Gasteiger partial charge in [0.25, 0.3) is 11.8 Å². The normalized spacial score (nSPS) is 14.3. The molecule has 0 unspecified atom stereocenters. The van der Waals surface area contributed by atoms with Gasteiger partial charge in [-0.1, -0.05) is 13.0 Å². The first-order valence-corrected chi connectivity index (χ1v) is 13.3. The Morgan fingerprint density at radius 2 is 1.69 bits per heavy atom. The van der Waals surface area contributed by atoms with Crippen LogP contribution in [0.15, 0.2) is 35.9 Å². The van der Waals surface area contributed by atoms with Crippen molar-refractivity contribution in [2.24, 2.45) is 0 Å². The molecule has 0 atom stereocenters. The first-order chi connectivity index (χ1) is 18.7. The van der Waals surface area contributed by atoms with Gasteiger partial charge in [-0.15, -0.1) is 0 Å². The van der Waals surface area contributed by atoms with Crippen LogP contribution >= 0.6 is 22.6 Å². The predicted octanol–water partition coefficient (Wildman–Crippen LogP) is 4.00. The number of hydrogen-bond acceptors (Lipinski definition) is 8.